The lowest BCUT2D eigenvalue weighted by Crippen LogP contribution is -2.42. The summed E-state index contributed by atoms with van der Waals surface area (Å²) in [6.45, 7) is 3.98. The Bertz CT molecular complexity index is 500. The number of carbonyl (C=O) groups excluding carboxylic acids is 1. The molecule has 1 heterocycles. The van der Waals surface area contributed by atoms with Crippen molar-refractivity contribution in [3.63, 3.8) is 0 Å². The van der Waals surface area contributed by atoms with Gasteiger partial charge in [0.05, 0.1) is 12.0 Å². The first-order valence-electron chi connectivity index (χ1n) is 6.82. The second kappa shape index (κ2) is 6.26. The Kier molecular flexibility index (Phi) is 4.65. The smallest absolute Gasteiger partial charge is 0.315 e. The van der Waals surface area contributed by atoms with E-state index in [9.17, 15) is 9.59 Å². The van der Waals surface area contributed by atoms with Crippen LogP contribution in [0, 0.1) is 12.8 Å². The predicted molar refractivity (Wildman–Crippen MR) is 77.9 cm³/mol. The number of carboxylic acids is 1. The Hall–Kier alpha value is -1.56. The summed E-state index contributed by atoms with van der Waals surface area (Å²) in [5.74, 6) is -1.09. The SMILES string of the molecule is Cc1ccc(C(C)NC(=O)NC2CCC(C(=O)O)C2)s1. The number of rotatable bonds is 4. The average molecular weight is 296 g/mol. The molecule has 2 rings (SSSR count). The lowest BCUT2D eigenvalue weighted by atomic mass is 10.1. The van der Waals surface area contributed by atoms with Crippen molar-refractivity contribution in [2.75, 3.05) is 0 Å². The van der Waals surface area contributed by atoms with Gasteiger partial charge in [-0.15, -0.1) is 11.3 Å². The molecule has 5 nitrogen and oxygen atoms in total. The van der Waals surface area contributed by atoms with Crippen molar-refractivity contribution in [3.8, 4) is 0 Å². The van der Waals surface area contributed by atoms with Gasteiger partial charge < -0.3 is 15.7 Å². The van der Waals surface area contributed by atoms with E-state index in [2.05, 4.69) is 10.6 Å². The molecule has 6 heteroatoms. The van der Waals surface area contributed by atoms with Crippen molar-refractivity contribution < 1.29 is 14.7 Å². The van der Waals surface area contributed by atoms with Crippen molar-refractivity contribution in [2.24, 2.45) is 5.92 Å². The zero-order valence-electron chi connectivity index (χ0n) is 11.7. The highest BCUT2D eigenvalue weighted by Crippen LogP contribution is 2.26. The van der Waals surface area contributed by atoms with Crippen LogP contribution in [0.4, 0.5) is 4.79 Å². The number of aryl methyl sites for hydroxylation is 1. The Morgan fingerprint density at radius 3 is 2.70 bits per heavy atom. The van der Waals surface area contributed by atoms with Gasteiger partial charge in [-0.05, 0) is 45.2 Å². The van der Waals surface area contributed by atoms with Gasteiger partial charge in [-0.3, -0.25) is 4.79 Å². The monoisotopic (exact) mass is 296 g/mol. The van der Waals surface area contributed by atoms with Gasteiger partial charge in [0.25, 0.3) is 0 Å². The fourth-order valence-electron chi connectivity index (χ4n) is 2.52. The van der Waals surface area contributed by atoms with Crippen LogP contribution in [0.5, 0.6) is 0 Å². The maximum atomic E-state index is 11.9. The lowest BCUT2D eigenvalue weighted by Gasteiger charge is -2.17. The lowest BCUT2D eigenvalue weighted by molar-refractivity contribution is -0.141. The topological polar surface area (TPSA) is 78.4 Å². The minimum absolute atomic E-state index is 0.0339. The normalized spacial score (nSPS) is 23.3. The number of aliphatic carboxylic acids is 1. The molecule has 1 aliphatic carbocycles. The Balaban J connectivity index is 1.80. The van der Waals surface area contributed by atoms with E-state index in [0.29, 0.717) is 12.8 Å². The van der Waals surface area contributed by atoms with E-state index in [4.69, 9.17) is 5.11 Å². The highest BCUT2D eigenvalue weighted by atomic mass is 32.1. The van der Waals surface area contributed by atoms with Gasteiger partial charge >= 0.3 is 12.0 Å². The van der Waals surface area contributed by atoms with Crippen molar-refractivity contribution in [3.05, 3.63) is 21.9 Å². The zero-order chi connectivity index (χ0) is 14.7. The van der Waals surface area contributed by atoms with E-state index < -0.39 is 5.97 Å². The highest BCUT2D eigenvalue weighted by molar-refractivity contribution is 7.12. The van der Waals surface area contributed by atoms with E-state index >= 15 is 0 Å². The summed E-state index contributed by atoms with van der Waals surface area (Å²) in [7, 11) is 0. The second-order valence-corrected chi connectivity index (χ2v) is 6.65. The van der Waals surface area contributed by atoms with Gasteiger partial charge in [-0.2, -0.15) is 0 Å². The van der Waals surface area contributed by atoms with Crippen LogP contribution in [0.25, 0.3) is 0 Å². The fourth-order valence-corrected chi connectivity index (χ4v) is 3.40. The Morgan fingerprint density at radius 1 is 1.40 bits per heavy atom. The molecule has 0 saturated heterocycles. The molecule has 1 aliphatic rings. The summed E-state index contributed by atoms with van der Waals surface area (Å²) in [5.41, 5.74) is 0. The molecule has 0 radical (unpaired) electrons. The molecular formula is C14H20N2O3S. The molecule has 0 bridgehead atoms. The molecule has 1 aromatic rings. The summed E-state index contributed by atoms with van der Waals surface area (Å²) in [4.78, 5) is 25.1. The third-order valence-electron chi connectivity index (χ3n) is 3.65. The number of urea groups is 1. The standard InChI is InChI=1S/C14H20N2O3S/c1-8-3-6-12(20-8)9(2)15-14(19)16-11-5-4-10(7-11)13(17)18/h3,6,9-11H,4-5,7H2,1-2H3,(H,17,18)(H2,15,16,19). The fraction of sp³-hybridized carbons (Fsp3) is 0.571. The van der Waals surface area contributed by atoms with Gasteiger partial charge in [0, 0.05) is 15.8 Å². The van der Waals surface area contributed by atoms with Crippen molar-refractivity contribution in [1.82, 2.24) is 10.6 Å². The van der Waals surface area contributed by atoms with E-state index in [0.717, 1.165) is 11.3 Å². The van der Waals surface area contributed by atoms with Crippen molar-refractivity contribution in [1.29, 1.82) is 0 Å². The van der Waals surface area contributed by atoms with Crippen molar-refractivity contribution >= 4 is 23.3 Å². The van der Waals surface area contributed by atoms with Gasteiger partial charge in [-0.1, -0.05) is 0 Å². The number of carbonyl (C=O) groups is 2. The molecule has 110 valence electrons. The molecule has 0 spiro atoms. The molecule has 3 atom stereocenters. The molecule has 2 amide bonds. The van der Waals surface area contributed by atoms with Crippen LogP contribution in [-0.2, 0) is 4.79 Å². The minimum Gasteiger partial charge on any atom is -0.481 e. The molecule has 1 aromatic heterocycles. The molecular weight excluding hydrogens is 276 g/mol. The van der Waals surface area contributed by atoms with Crippen LogP contribution in [0.3, 0.4) is 0 Å². The zero-order valence-corrected chi connectivity index (χ0v) is 12.5. The first-order valence-corrected chi connectivity index (χ1v) is 7.63. The molecule has 1 fully saturated rings. The molecule has 20 heavy (non-hydrogen) atoms. The predicted octanol–water partition coefficient (Wildman–Crippen LogP) is 2.67. The van der Waals surface area contributed by atoms with Crippen LogP contribution >= 0.6 is 11.3 Å². The molecule has 0 aliphatic heterocycles. The summed E-state index contributed by atoms with van der Waals surface area (Å²) in [6, 6.07) is 3.75. The van der Waals surface area contributed by atoms with E-state index in [1.807, 2.05) is 26.0 Å². The van der Waals surface area contributed by atoms with Crippen LogP contribution in [0.2, 0.25) is 0 Å². The van der Waals surface area contributed by atoms with Gasteiger partial charge in [0.2, 0.25) is 0 Å². The van der Waals surface area contributed by atoms with Crippen LogP contribution in [0.15, 0.2) is 12.1 Å². The molecule has 1 saturated carbocycles. The number of amides is 2. The van der Waals surface area contributed by atoms with Gasteiger partial charge in [-0.25, -0.2) is 4.79 Å². The number of carboxylic acid groups (broad SMARTS) is 1. The molecule has 0 aromatic carbocycles. The first kappa shape index (κ1) is 14.8. The van der Waals surface area contributed by atoms with Crippen LogP contribution < -0.4 is 10.6 Å². The first-order chi connectivity index (χ1) is 9.45. The van der Waals surface area contributed by atoms with E-state index in [-0.39, 0.29) is 24.0 Å². The van der Waals surface area contributed by atoms with Crippen LogP contribution in [-0.4, -0.2) is 23.1 Å². The average Bonchev–Trinajstić information content (AvgIpc) is 2.98. The maximum Gasteiger partial charge on any atom is 0.315 e. The number of thiophene rings is 1. The van der Waals surface area contributed by atoms with Crippen molar-refractivity contribution in [2.45, 2.75) is 45.2 Å². The largest absolute Gasteiger partial charge is 0.481 e. The molecule has 3 unspecified atom stereocenters. The summed E-state index contributed by atoms with van der Waals surface area (Å²) >= 11 is 1.66. The second-order valence-electron chi connectivity index (χ2n) is 5.33. The maximum absolute atomic E-state index is 11.9. The number of hydrogen-bond donors (Lipinski definition) is 3. The molecule has 3 N–H and O–H groups in total. The third-order valence-corrected chi connectivity index (χ3v) is 4.84. The Morgan fingerprint density at radius 2 is 2.15 bits per heavy atom. The summed E-state index contributed by atoms with van der Waals surface area (Å²) < 4.78 is 0. The third kappa shape index (κ3) is 3.72. The minimum atomic E-state index is -0.767. The quantitative estimate of drug-likeness (QED) is 0.799. The van der Waals surface area contributed by atoms with E-state index in [1.54, 1.807) is 11.3 Å². The van der Waals surface area contributed by atoms with Gasteiger partial charge in [0.15, 0.2) is 0 Å². The Labute approximate surface area is 122 Å². The summed E-state index contributed by atoms with van der Waals surface area (Å²) in [6.07, 6.45) is 1.89. The van der Waals surface area contributed by atoms with Crippen LogP contribution in [0.1, 0.15) is 42.0 Å². The van der Waals surface area contributed by atoms with Gasteiger partial charge in [0.1, 0.15) is 0 Å². The highest BCUT2D eigenvalue weighted by Gasteiger charge is 2.30. The summed E-state index contributed by atoms with van der Waals surface area (Å²) in [5, 5.41) is 14.7. The number of nitrogens with one attached hydrogen (secondary N) is 2. The number of hydrogen-bond acceptors (Lipinski definition) is 3. The van der Waals surface area contributed by atoms with E-state index in [1.165, 1.54) is 4.88 Å².